The molecule has 0 spiro atoms. The Labute approximate surface area is 289 Å². The van der Waals surface area contributed by atoms with Crippen LogP contribution in [0.5, 0.6) is 0 Å². The number of halogens is 2. The van der Waals surface area contributed by atoms with Gasteiger partial charge in [-0.05, 0) is 43.5 Å². The van der Waals surface area contributed by atoms with E-state index >= 15 is 0 Å². The quantitative estimate of drug-likeness (QED) is 0.109. The number of hydrogen-bond donors (Lipinski definition) is 4. The summed E-state index contributed by atoms with van der Waals surface area (Å²) in [6.07, 6.45) is 2.95. The number of carbonyl (C=O) groups excluding carboxylic acids is 1. The molecule has 4 aromatic rings. The van der Waals surface area contributed by atoms with Gasteiger partial charge in [0.05, 0.1) is 27.5 Å². The molecule has 5 N–H and O–H groups in total. The zero-order valence-electron chi connectivity index (χ0n) is 25.1. The number of carboxylic acid groups (broad SMARTS) is 2. The van der Waals surface area contributed by atoms with Crippen molar-refractivity contribution in [2.45, 2.75) is 42.7 Å². The minimum atomic E-state index is -1.26. The number of aromatic nitrogens is 3. The summed E-state index contributed by atoms with van der Waals surface area (Å²) < 4.78 is 6.07. The molecule has 16 heteroatoms. The van der Waals surface area contributed by atoms with Gasteiger partial charge in [0.1, 0.15) is 0 Å². The largest absolute Gasteiger partial charge is 0.478 e. The average molecular weight is 720 g/mol. The summed E-state index contributed by atoms with van der Waals surface area (Å²) in [6, 6.07) is 13.4. The van der Waals surface area contributed by atoms with Crippen LogP contribution in [0, 0.1) is 0 Å². The van der Waals surface area contributed by atoms with Crippen LogP contribution in [0.25, 0.3) is 22.6 Å². The molecule has 1 aliphatic heterocycles. The van der Waals surface area contributed by atoms with Gasteiger partial charge < -0.3 is 25.8 Å². The Hall–Kier alpha value is -3.79. The van der Waals surface area contributed by atoms with E-state index in [9.17, 15) is 14.4 Å². The van der Waals surface area contributed by atoms with E-state index in [-0.39, 0.29) is 18.0 Å². The molecule has 1 saturated heterocycles. The van der Waals surface area contributed by atoms with Gasteiger partial charge in [-0.3, -0.25) is 9.69 Å². The fourth-order valence-electron chi connectivity index (χ4n) is 4.48. The summed E-state index contributed by atoms with van der Waals surface area (Å²) in [4.78, 5) is 43.2. The number of thioether (sulfide) groups is 1. The maximum absolute atomic E-state index is 12.6. The van der Waals surface area contributed by atoms with Crippen molar-refractivity contribution in [1.29, 1.82) is 0 Å². The summed E-state index contributed by atoms with van der Waals surface area (Å²) in [7, 11) is 0. The van der Waals surface area contributed by atoms with E-state index in [1.54, 1.807) is 6.92 Å². The standard InChI is InChI=1S/C27H28Cl2N6O2S2.C4H4O4/c1-16(30)26-33-25(34-37-26)19-4-2-3-18(12-19)23-14-38-27(32-23)39-15-24(36)31-20-7-9-35(10-8-20)13-17-5-6-21(28)22(29)11-17;5-3(6)1-2-4(7)8/h2-6,11-12,14,16,20H,7-10,13,15,30H2,1H3,(H,31,36);1-2H,(H,5,6)(H,7,8). The van der Waals surface area contributed by atoms with Gasteiger partial charge in [0.2, 0.25) is 17.6 Å². The Morgan fingerprint density at radius 3 is 2.43 bits per heavy atom. The van der Waals surface area contributed by atoms with Crippen LogP contribution in [0.2, 0.25) is 10.0 Å². The maximum Gasteiger partial charge on any atom is 0.328 e. The molecule has 0 aliphatic carbocycles. The van der Waals surface area contributed by atoms with Crippen molar-refractivity contribution in [3.05, 3.63) is 81.5 Å². The third-order valence-corrected chi connectivity index (χ3v) is 9.53. The third kappa shape index (κ3) is 11.4. The number of nitrogens with one attached hydrogen (secondary N) is 1. The highest BCUT2D eigenvalue weighted by molar-refractivity contribution is 8.01. The molecule has 0 radical (unpaired) electrons. The van der Waals surface area contributed by atoms with Crippen LogP contribution in [0.1, 0.15) is 37.3 Å². The van der Waals surface area contributed by atoms with Crippen LogP contribution in [-0.2, 0) is 20.9 Å². The fourth-order valence-corrected chi connectivity index (χ4v) is 6.45. The molecule has 0 saturated carbocycles. The Balaban J connectivity index is 0.000000555. The lowest BCUT2D eigenvalue weighted by Gasteiger charge is -2.32. The van der Waals surface area contributed by atoms with Crippen molar-refractivity contribution < 1.29 is 29.1 Å². The topological polar surface area (TPSA) is 185 Å². The van der Waals surface area contributed by atoms with Crippen LogP contribution < -0.4 is 11.1 Å². The van der Waals surface area contributed by atoms with E-state index in [0.717, 1.165) is 59.2 Å². The molecule has 2 aromatic carbocycles. The smallest absolute Gasteiger partial charge is 0.328 e. The van der Waals surface area contributed by atoms with Crippen LogP contribution >= 0.6 is 46.3 Å². The number of benzene rings is 2. The minimum Gasteiger partial charge on any atom is -0.478 e. The molecule has 1 amide bonds. The number of nitrogens with zero attached hydrogens (tertiary/aromatic N) is 4. The normalized spacial score (nSPS) is 14.4. The zero-order chi connectivity index (χ0) is 33.9. The van der Waals surface area contributed by atoms with Gasteiger partial charge >= 0.3 is 11.9 Å². The first-order valence-electron chi connectivity index (χ1n) is 14.3. The van der Waals surface area contributed by atoms with Crippen molar-refractivity contribution in [3.63, 3.8) is 0 Å². The predicted octanol–water partition coefficient (Wildman–Crippen LogP) is 5.77. The Morgan fingerprint density at radius 1 is 1.09 bits per heavy atom. The Bertz CT molecular complexity index is 1710. The second kappa shape index (κ2) is 17.4. The number of carboxylic acids is 2. The van der Waals surface area contributed by atoms with E-state index in [0.29, 0.717) is 39.7 Å². The van der Waals surface area contributed by atoms with Gasteiger partial charge in [0.15, 0.2) is 4.34 Å². The minimum absolute atomic E-state index is 0.0312. The van der Waals surface area contributed by atoms with Gasteiger partial charge in [-0.2, -0.15) is 4.98 Å². The number of thiazole rings is 1. The first-order chi connectivity index (χ1) is 22.5. The molecule has 1 fully saturated rings. The van der Waals surface area contributed by atoms with Crippen molar-refractivity contribution in [1.82, 2.24) is 25.3 Å². The lowest BCUT2D eigenvalue weighted by atomic mass is 10.0. The van der Waals surface area contributed by atoms with Crippen molar-refractivity contribution >= 4 is 64.1 Å². The Kier molecular flexibility index (Phi) is 13.3. The van der Waals surface area contributed by atoms with Crippen LogP contribution in [0.3, 0.4) is 0 Å². The van der Waals surface area contributed by atoms with E-state index in [2.05, 4.69) is 20.4 Å². The van der Waals surface area contributed by atoms with Crippen LogP contribution in [0.15, 0.2) is 68.9 Å². The molecule has 2 aromatic heterocycles. The van der Waals surface area contributed by atoms with E-state index in [4.69, 9.17) is 48.7 Å². The number of amides is 1. The first kappa shape index (κ1) is 36.1. The number of likely N-dealkylation sites (tertiary alicyclic amines) is 1. The van der Waals surface area contributed by atoms with Gasteiger partial charge in [-0.1, -0.05) is 64.4 Å². The molecule has 1 aliphatic rings. The molecule has 0 bridgehead atoms. The zero-order valence-corrected chi connectivity index (χ0v) is 28.3. The second-order valence-corrected chi connectivity index (χ2v) is 13.4. The second-order valence-electron chi connectivity index (χ2n) is 10.5. The van der Waals surface area contributed by atoms with Crippen molar-refractivity contribution in [3.8, 4) is 22.6 Å². The summed E-state index contributed by atoms with van der Waals surface area (Å²) in [6.45, 7) is 4.46. The highest BCUT2D eigenvalue weighted by atomic mass is 35.5. The number of aliphatic carboxylic acids is 2. The van der Waals surface area contributed by atoms with Gasteiger partial charge in [-0.25, -0.2) is 14.6 Å². The van der Waals surface area contributed by atoms with Gasteiger partial charge in [-0.15, -0.1) is 11.3 Å². The third-order valence-electron chi connectivity index (χ3n) is 6.77. The number of hydrogen-bond acceptors (Lipinski definition) is 11. The predicted molar refractivity (Wildman–Crippen MR) is 181 cm³/mol. The highest BCUT2D eigenvalue weighted by Gasteiger charge is 2.21. The Morgan fingerprint density at radius 2 is 1.79 bits per heavy atom. The number of carbonyl (C=O) groups is 3. The van der Waals surface area contributed by atoms with Gasteiger partial charge in [0.25, 0.3) is 0 Å². The number of nitrogens with two attached hydrogens (primary N) is 1. The van der Waals surface area contributed by atoms with Crippen LogP contribution in [-0.4, -0.2) is 73.0 Å². The number of rotatable bonds is 11. The maximum atomic E-state index is 12.6. The fraction of sp³-hybridized carbons (Fsp3) is 0.290. The molecule has 3 heterocycles. The van der Waals surface area contributed by atoms with E-state index < -0.39 is 11.9 Å². The van der Waals surface area contributed by atoms with Crippen molar-refractivity contribution in [2.75, 3.05) is 18.8 Å². The molecule has 248 valence electrons. The SMILES string of the molecule is CC(N)c1nc(-c2cccc(-c3csc(SCC(=O)NC4CCN(Cc5ccc(Cl)c(Cl)c5)CC4)n3)c2)no1.O=C(O)C=CC(=O)O. The molecule has 1 unspecified atom stereocenters. The summed E-state index contributed by atoms with van der Waals surface area (Å²) >= 11 is 15.1. The van der Waals surface area contributed by atoms with E-state index in [1.165, 1.54) is 23.1 Å². The summed E-state index contributed by atoms with van der Waals surface area (Å²) in [5, 5.41) is 26.0. The lowest BCUT2D eigenvalue weighted by Crippen LogP contribution is -2.44. The highest BCUT2D eigenvalue weighted by Crippen LogP contribution is 2.30. The molecular formula is C31H32Cl2N6O6S2. The van der Waals surface area contributed by atoms with Crippen molar-refractivity contribution in [2.24, 2.45) is 5.73 Å². The summed E-state index contributed by atoms with van der Waals surface area (Å²) in [5.41, 5.74) is 9.58. The molecular weight excluding hydrogens is 687 g/mol. The average Bonchev–Trinajstić information content (AvgIpc) is 3.73. The monoisotopic (exact) mass is 718 g/mol. The summed E-state index contributed by atoms with van der Waals surface area (Å²) in [5.74, 6) is -1.26. The molecule has 1 atom stereocenters. The van der Waals surface area contributed by atoms with E-state index in [1.807, 2.05) is 47.8 Å². The first-order valence-corrected chi connectivity index (χ1v) is 17.0. The lowest BCUT2D eigenvalue weighted by molar-refractivity contribution is -0.134. The molecule has 12 nitrogen and oxygen atoms in total. The number of piperidine rings is 1. The molecule has 47 heavy (non-hydrogen) atoms. The van der Waals surface area contributed by atoms with Gasteiger partial charge in [0, 0.05) is 54.3 Å². The molecule has 5 rings (SSSR count). The van der Waals surface area contributed by atoms with Crippen LogP contribution in [0.4, 0.5) is 0 Å².